The Hall–Kier alpha value is -2.63. The number of aromatic nitrogens is 3. The van der Waals surface area contributed by atoms with Crippen molar-refractivity contribution in [2.24, 2.45) is 0 Å². The maximum Gasteiger partial charge on any atom is 0.451 e. The quantitative estimate of drug-likeness (QED) is 0.693. The minimum absolute atomic E-state index is 0.0520. The Morgan fingerprint density at radius 2 is 1.61 bits per heavy atom. The second kappa shape index (κ2) is 5.53. The summed E-state index contributed by atoms with van der Waals surface area (Å²) in [4.78, 5) is 3.71. The highest BCUT2D eigenvalue weighted by Gasteiger charge is 2.38. The maximum absolute atomic E-state index is 13.3. The van der Waals surface area contributed by atoms with E-state index in [1.165, 1.54) is 0 Å². The normalized spacial score (nSPS) is 11.7. The van der Waals surface area contributed by atoms with Gasteiger partial charge in [0.15, 0.2) is 5.82 Å². The number of hydrogen-bond donors (Lipinski definition) is 0. The molecule has 0 aliphatic heterocycles. The highest BCUT2D eigenvalue weighted by Crippen LogP contribution is 2.31. The van der Waals surface area contributed by atoms with E-state index in [-0.39, 0.29) is 5.82 Å². The number of hydrogen-bond acceptors (Lipinski definition) is 2. The molecule has 0 bridgehead atoms. The summed E-state index contributed by atoms with van der Waals surface area (Å²) in [6.07, 6.45) is -4.58. The largest absolute Gasteiger partial charge is 0.451 e. The molecular weight excluding hydrogens is 303 g/mol. The van der Waals surface area contributed by atoms with Crippen molar-refractivity contribution >= 4 is 0 Å². The van der Waals surface area contributed by atoms with E-state index < -0.39 is 12.0 Å². The molecule has 6 heteroatoms. The number of rotatable bonds is 2. The Balaban J connectivity index is 2.18. The van der Waals surface area contributed by atoms with E-state index in [1.54, 1.807) is 48.5 Å². The Bertz CT molecular complexity index is 836. The van der Waals surface area contributed by atoms with Gasteiger partial charge in [0.1, 0.15) is 0 Å². The SMILES string of the molecule is Cc1ccc(-n2nc(-c3ccccc3)nc2C(F)(F)F)cc1C. The first-order valence-electron chi connectivity index (χ1n) is 7.03. The van der Waals surface area contributed by atoms with Gasteiger partial charge in [0.05, 0.1) is 5.69 Å². The van der Waals surface area contributed by atoms with Crippen LogP contribution in [0.5, 0.6) is 0 Å². The third kappa shape index (κ3) is 2.97. The van der Waals surface area contributed by atoms with Gasteiger partial charge in [-0.1, -0.05) is 36.4 Å². The molecule has 23 heavy (non-hydrogen) atoms. The van der Waals surface area contributed by atoms with Gasteiger partial charge >= 0.3 is 6.18 Å². The molecule has 3 rings (SSSR count). The molecule has 0 aliphatic carbocycles. The molecule has 0 spiro atoms. The predicted octanol–water partition coefficient (Wildman–Crippen LogP) is 4.57. The fourth-order valence-electron chi connectivity index (χ4n) is 2.24. The van der Waals surface area contributed by atoms with Crippen molar-refractivity contribution in [2.45, 2.75) is 20.0 Å². The van der Waals surface area contributed by atoms with Crippen molar-refractivity contribution in [1.29, 1.82) is 0 Å². The fourth-order valence-corrected chi connectivity index (χ4v) is 2.24. The van der Waals surface area contributed by atoms with Crippen LogP contribution in [0.25, 0.3) is 17.1 Å². The molecule has 0 N–H and O–H groups in total. The molecule has 3 nitrogen and oxygen atoms in total. The summed E-state index contributed by atoms with van der Waals surface area (Å²) in [5.74, 6) is -0.976. The molecule has 0 aliphatic rings. The van der Waals surface area contributed by atoms with Gasteiger partial charge in [0, 0.05) is 5.56 Å². The second-order valence-corrected chi connectivity index (χ2v) is 5.30. The summed E-state index contributed by atoms with van der Waals surface area (Å²) in [5.41, 5.74) is 2.79. The van der Waals surface area contributed by atoms with E-state index in [9.17, 15) is 13.2 Å². The van der Waals surface area contributed by atoms with Gasteiger partial charge < -0.3 is 0 Å². The first kappa shape index (κ1) is 15.3. The minimum Gasteiger partial charge on any atom is -0.209 e. The zero-order chi connectivity index (χ0) is 16.6. The van der Waals surface area contributed by atoms with Crippen LogP contribution in [0.3, 0.4) is 0 Å². The lowest BCUT2D eigenvalue weighted by Crippen LogP contribution is -2.14. The molecule has 0 atom stereocenters. The summed E-state index contributed by atoms with van der Waals surface area (Å²) in [6, 6.07) is 13.7. The van der Waals surface area contributed by atoms with E-state index in [4.69, 9.17) is 0 Å². The Labute approximate surface area is 131 Å². The molecule has 3 aromatic rings. The molecule has 1 aromatic heterocycles. The highest BCUT2D eigenvalue weighted by atomic mass is 19.4. The molecule has 118 valence electrons. The second-order valence-electron chi connectivity index (χ2n) is 5.30. The van der Waals surface area contributed by atoms with Crippen LogP contribution < -0.4 is 0 Å². The minimum atomic E-state index is -4.58. The third-order valence-electron chi connectivity index (χ3n) is 3.63. The number of nitrogens with zero attached hydrogens (tertiary/aromatic N) is 3. The Morgan fingerprint density at radius 1 is 0.913 bits per heavy atom. The molecule has 0 unspecified atom stereocenters. The van der Waals surface area contributed by atoms with Crippen molar-refractivity contribution in [1.82, 2.24) is 14.8 Å². The van der Waals surface area contributed by atoms with Crippen LogP contribution in [0, 0.1) is 13.8 Å². The van der Waals surface area contributed by atoms with Crippen LogP contribution in [0.4, 0.5) is 13.2 Å². The Kier molecular flexibility index (Phi) is 3.67. The highest BCUT2D eigenvalue weighted by molar-refractivity contribution is 5.55. The number of benzene rings is 2. The van der Waals surface area contributed by atoms with Crippen LogP contribution in [0.1, 0.15) is 17.0 Å². The van der Waals surface area contributed by atoms with Gasteiger partial charge in [-0.3, -0.25) is 0 Å². The lowest BCUT2D eigenvalue weighted by molar-refractivity contribution is -0.146. The summed E-state index contributed by atoms with van der Waals surface area (Å²) < 4.78 is 40.8. The summed E-state index contributed by atoms with van der Waals surface area (Å²) in [6.45, 7) is 3.75. The van der Waals surface area contributed by atoms with Crippen LogP contribution >= 0.6 is 0 Å². The summed E-state index contributed by atoms with van der Waals surface area (Å²) in [7, 11) is 0. The molecule has 2 aromatic carbocycles. The number of alkyl halides is 3. The molecular formula is C17H14F3N3. The van der Waals surface area contributed by atoms with Crippen molar-refractivity contribution < 1.29 is 13.2 Å². The van der Waals surface area contributed by atoms with Crippen molar-refractivity contribution in [3.8, 4) is 17.1 Å². The van der Waals surface area contributed by atoms with Crippen molar-refractivity contribution in [3.05, 3.63) is 65.5 Å². The van der Waals surface area contributed by atoms with Gasteiger partial charge in [0.25, 0.3) is 0 Å². The molecule has 0 saturated carbocycles. The van der Waals surface area contributed by atoms with Crippen molar-refractivity contribution in [3.63, 3.8) is 0 Å². The van der Waals surface area contributed by atoms with Crippen LogP contribution in [-0.2, 0) is 6.18 Å². The summed E-state index contributed by atoms with van der Waals surface area (Å²) in [5, 5.41) is 4.07. The predicted molar refractivity (Wildman–Crippen MR) is 81.3 cm³/mol. The van der Waals surface area contributed by atoms with E-state index in [0.717, 1.165) is 15.8 Å². The average Bonchev–Trinajstić information content (AvgIpc) is 2.96. The first-order chi connectivity index (χ1) is 10.9. The van der Waals surface area contributed by atoms with Crippen LogP contribution in [0.15, 0.2) is 48.5 Å². The lowest BCUT2D eigenvalue weighted by atomic mass is 10.1. The third-order valence-corrected chi connectivity index (χ3v) is 3.63. The monoisotopic (exact) mass is 317 g/mol. The van der Waals surface area contributed by atoms with Gasteiger partial charge in [-0.05, 0) is 37.1 Å². The van der Waals surface area contributed by atoms with Gasteiger partial charge in [0.2, 0.25) is 5.82 Å². The molecule has 1 heterocycles. The van der Waals surface area contributed by atoms with Crippen molar-refractivity contribution in [2.75, 3.05) is 0 Å². The average molecular weight is 317 g/mol. The first-order valence-corrected chi connectivity index (χ1v) is 7.03. The van der Waals surface area contributed by atoms with Crippen LogP contribution in [0.2, 0.25) is 0 Å². The zero-order valence-electron chi connectivity index (χ0n) is 12.6. The topological polar surface area (TPSA) is 30.7 Å². The molecule has 0 fully saturated rings. The Morgan fingerprint density at radius 3 is 2.22 bits per heavy atom. The van der Waals surface area contributed by atoms with Crippen LogP contribution in [-0.4, -0.2) is 14.8 Å². The maximum atomic E-state index is 13.3. The summed E-state index contributed by atoms with van der Waals surface area (Å²) >= 11 is 0. The number of halogens is 3. The van der Waals surface area contributed by atoms with Gasteiger partial charge in [-0.25, -0.2) is 9.67 Å². The van der Waals surface area contributed by atoms with Gasteiger partial charge in [-0.2, -0.15) is 13.2 Å². The smallest absolute Gasteiger partial charge is 0.209 e. The molecule has 0 radical (unpaired) electrons. The van der Waals surface area contributed by atoms with E-state index in [0.29, 0.717) is 11.3 Å². The van der Waals surface area contributed by atoms with E-state index in [2.05, 4.69) is 10.1 Å². The standard InChI is InChI=1S/C17H14F3N3/c1-11-8-9-14(10-12(11)2)23-16(17(18,19)20)21-15(22-23)13-6-4-3-5-7-13/h3-10H,1-2H3. The van der Waals surface area contributed by atoms with Gasteiger partial charge in [-0.15, -0.1) is 5.10 Å². The molecule has 0 saturated heterocycles. The fraction of sp³-hybridized carbons (Fsp3) is 0.176. The lowest BCUT2D eigenvalue weighted by Gasteiger charge is -2.10. The number of aryl methyl sites for hydroxylation is 2. The van der Waals surface area contributed by atoms with E-state index in [1.807, 2.05) is 13.8 Å². The zero-order valence-corrected chi connectivity index (χ0v) is 12.6. The van der Waals surface area contributed by atoms with E-state index >= 15 is 0 Å². The molecule has 0 amide bonds.